The topological polar surface area (TPSA) is 72.8 Å². The van der Waals surface area contributed by atoms with E-state index in [9.17, 15) is 13.5 Å². The molecular formula is C10H16O5S. The molecule has 1 saturated heterocycles. The lowest BCUT2D eigenvalue weighted by Gasteiger charge is -2.42. The maximum Gasteiger partial charge on any atom is 0.400 e. The van der Waals surface area contributed by atoms with Crippen LogP contribution in [0.2, 0.25) is 0 Å². The maximum atomic E-state index is 11.3. The molecule has 0 bridgehead atoms. The van der Waals surface area contributed by atoms with Crippen LogP contribution in [0.25, 0.3) is 0 Å². The van der Waals surface area contributed by atoms with Crippen molar-refractivity contribution in [2.45, 2.75) is 44.3 Å². The summed E-state index contributed by atoms with van der Waals surface area (Å²) in [6.07, 6.45) is 3.76. The van der Waals surface area contributed by atoms with Gasteiger partial charge in [0, 0.05) is 6.61 Å². The summed E-state index contributed by atoms with van der Waals surface area (Å²) in [7, 11) is -3.78. The van der Waals surface area contributed by atoms with Crippen molar-refractivity contribution < 1.29 is 21.9 Å². The lowest BCUT2D eigenvalue weighted by molar-refractivity contribution is -0.0457. The highest BCUT2D eigenvalue weighted by Crippen LogP contribution is 2.55. The van der Waals surface area contributed by atoms with Crippen molar-refractivity contribution in [2.75, 3.05) is 6.61 Å². The molecule has 0 aromatic rings. The molecule has 1 aliphatic heterocycles. The zero-order valence-electron chi connectivity index (χ0n) is 8.96. The smallest absolute Gasteiger partial charge is 0.396 e. The maximum absolute atomic E-state index is 11.3. The second-order valence-electron chi connectivity index (χ2n) is 5.16. The molecule has 2 saturated carbocycles. The molecule has 5 nitrogen and oxygen atoms in total. The monoisotopic (exact) mass is 248 g/mol. The van der Waals surface area contributed by atoms with E-state index in [2.05, 4.69) is 0 Å². The second kappa shape index (κ2) is 3.41. The normalized spacial score (nSPS) is 49.9. The Balaban J connectivity index is 1.92. The van der Waals surface area contributed by atoms with Crippen LogP contribution in [0.1, 0.15) is 32.1 Å². The number of fused-ring (bicyclic) bond motifs is 3. The zero-order chi connectivity index (χ0) is 11.4. The summed E-state index contributed by atoms with van der Waals surface area (Å²) >= 11 is 0. The van der Waals surface area contributed by atoms with E-state index in [0.717, 1.165) is 25.7 Å². The van der Waals surface area contributed by atoms with Gasteiger partial charge < -0.3 is 5.11 Å². The van der Waals surface area contributed by atoms with Crippen LogP contribution in [-0.4, -0.2) is 32.3 Å². The molecule has 0 aromatic carbocycles. The number of aliphatic hydroxyl groups excluding tert-OH is 1. The van der Waals surface area contributed by atoms with Gasteiger partial charge in [-0.05, 0) is 37.0 Å². The van der Waals surface area contributed by atoms with Gasteiger partial charge in [0.2, 0.25) is 0 Å². The van der Waals surface area contributed by atoms with Crippen molar-refractivity contribution in [3.05, 3.63) is 0 Å². The Labute approximate surface area is 95.1 Å². The van der Waals surface area contributed by atoms with Crippen molar-refractivity contribution in [1.29, 1.82) is 0 Å². The minimum Gasteiger partial charge on any atom is -0.396 e. The van der Waals surface area contributed by atoms with Gasteiger partial charge in [-0.15, -0.1) is 0 Å². The van der Waals surface area contributed by atoms with E-state index in [-0.39, 0.29) is 30.1 Å². The van der Waals surface area contributed by atoms with Crippen LogP contribution >= 0.6 is 0 Å². The van der Waals surface area contributed by atoms with Gasteiger partial charge in [-0.25, -0.2) is 8.37 Å². The Kier molecular flexibility index (Phi) is 2.34. The Bertz CT molecular complexity index is 392. The summed E-state index contributed by atoms with van der Waals surface area (Å²) < 4.78 is 32.5. The largest absolute Gasteiger partial charge is 0.400 e. The minimum absolute atomic E-state index is 0.121. The molecule has 0 amide bonds. The molecule has 1 heterocycles. The van der Waals surface area contributed by atoms with Gasteiger partial charge in [-0.2, -0.15) is 8.42 Å². The molecule has 92 valence electrons. The van der Waals surface area contributed by atoms with Gasteiger partial charge in [0.1, 0.15) is 12.2 Å². The molecule has 0 unspecified atom stereocenters. The first-order valence-corrected chi connectivity index (χ1v) is 7.12. The molecule has 3 rings (SSSR count). The molecule has 6 heteroatoms. The van der Waals surface area contributed by atoms with Crippen LogP contribution in [0.15, 0.2) is 0 Å². The Morgan fingerprint density at radius 1 is 1.25 bits per heavy atom. The van der Waals surface area contributed by atoms with E-state index in [1.807, 2.05) is 0 Å². The number of hydrogen-bond acceptors (Lipinski definition) is 5. The number of rotatable bonds is 1. The first kappa shape index (κ1) is 11.0. The Morgan fingerprint density at radius 3 is 2.81 bits per heavy atom. The molecule has 2 aliphatic carbocycles. The van der Waals surface area contributed by atoms with Gasteiger partial charge in [0.25, 0.3) is 0 Å². The Hall–Kier alpha value is -0.170. The SMILES string of the molecule is O=S1(=O)O[C@@H]2[C@@H](CC[C@@]3(CO)CCC[C@@H]23)O1. The van der Waals surface area contributed by atoms with Crippen LogP contribution in [0, 0.1) is 11.3 Å². The molecule has 3 aliphatic rings. The van der Waals surface area contributed by atoms with Crippen molar-refractivity contribution in [2.24, 2.45) is 11.3 Å². The van der Waals surface area contributed by atoms with E-state index in [1.54, 1.807) is 0 Å². The second-order valence-corrected chi connectivity index (χ2v) is 6.36. The highest BCUT2D eigenvalue weighted by atomic mass is 32.3. The van der Waals surface area contributed by atoms with Crippen molar-refractivity contribution in [3.8, 4) is 0 Å². The summed E-state index contributed by atoms with van der Waals surface area (Å²) in [5, 5.41) is 9.56. The molecule has 3 fully saturated rings. The summed E-state index contributed by atoms with van der Waals surface area (Å²) in [5.41, 5.74) is -0.121. The average Bonchev–Trinajstić information content (AvgIpc) is 2.76. The number of hydrogen-bond donors (Lipinski definition) is 1. The van der Waals surface area contributed by atoms with E-state index in [0.29, 0.717) is 6.42 Å². The Morgan fingerprint density at radius 2 is 2.06 bits per heavy atom. The minimum atomic E-state index is -3.78. The third-order valence-electron chi connectivity index (χ3n) is 4.45. The molecular weight excluding hydrogens is 232 g/mol. The zero-order valence-corrected chi connectivity index (χ0v) is 9.78. The molecule has 4 atom stereocenters. The summed E-state index contributed by atoms with van der Waals surface area (Å²) in [6, 6.07) is 0. The highest BCUT2D eigenvalue weighted by molar-refractivity contribution is 7.82. The van der Waals surface area contributed by atoms with Gasteiger partial charge in [-0.3, -0.25) is 0 Å². The molecule has 0 aromatic heterocycles. The van der Waals surface area contributed by atoms with Crippen LogP contribution in [0.5, 0.6) is 0 Å². The highest BCUT2D eigenvalue weighted by Gasteiger charge is 2.57. The lowest BCUT2D eigenvalue weighted by Crippen LogP contribution is -2.46. The van der Waals surface area contributed by atoms with Crippen LogP contribution in [-0.2, 0) is 18.8 Å². The standard InChI is InChI=1S/C10H16O5S/c11-6-10-4-1-2-7(10)9-8(3-5-10)14-16(12,13)15-9/h7-9,11H,1-6H2/t7-,8+,9-,10+/m0/s1. The van der Waals surface area contributed by atoms with E-state index < -0.39 is 10.4 Å². The number of aliphatic hydroxyl groups is 1. The van der Waals surface area contributed by atoms with Crippen LogP contribution in [0.4, 0.5) is 0 Å². The molecule has 16 heavy (non-hydrogen) atoms. The van der Waals surface area contributed by atoms with E-state index in [1.165, 1.54) is 0 Å². The van der Waals surface area contributed by atoms with Crippen LogP contribution in [0.3, 0.4) is 0 Å². The molecule has 1 N–H and O–H groups in total. The summed E-state index contributed by atoms with van der Waals surface area (Å²) in [4.78, 5) is 0. The van der Waals surface area contributed by atoms with Crippen molar-refractivity contribution in [1.82, 2.24) is 0 Å². The van der Waals surface area contributed by atoms with E-state index >= 15 is 0 Å². The molecule has 0 spiro atoms. The fourth-order valence-corrected chi connectivity index (χ4v) is 4.74. The lowest BCUT2D eigenvalue weighted by atomic mass is 9.66. The van der Waals surface area contributed by atoms with Gasteiger partial charge in [0.15, 0.2) is 0 Å². The fourth-order valence-electron chi connectivity index (χ4n) is 3.66. The molecule has 0 radical (unpaired) electrons. The fraction of sp³-hybridized carbons (Fsp3) is 1.00. The first-order chi connectivity index (χ1) is 7.56. The first-order valence-electron chi connectivity index (χ1n) is 5.79. The van der Waals surface area contributed by atoms with Gasteiger partial charge in [0.05, 0.1) is 0 Å². The predicted octanol–water partition coefficient (Wildman–Crippen LogP) is 0.588. The summed E-state index contributed by atoms with van der Waals surface area (Å²) in [5.74, 6) is 0.133. The quantitative estimate of drug-likeness (QED) is 0.735. The van der Waals surface area contributed by atoms with E-state index in [4.69, 9.17) is 8.37 Å². The third kappa shape index (κ3) is 1.44. The third-order valence-corrected chi connectivity index (χ3v) is 5.39. The summed E-state index contributed by atoms with van der Waals surface area (Å²) in [6.45, 7) is 0.129. The van der Waals surface area contributed by atoms with Gasteiger partial charge >= 0.3 is 10.4 Å². The van der Waals surface area contributed by atoms with Gasteiger partial charge in [-0.1, -0.05) is 6.42 Å². The van der Waals surface area contributed by atoms with Crippen LogP contribution < -0.4 is 0 Å². The van der Waals surface area contributed by atoms with Crippen molar-refractivity contribution in [3.63, 3.8) is 0 Å². The predicted molar refractivity (Wildman–Crippen MR) is 54.8 cm³/mol. The van der Waals surface area contributed by atoms with Crippen molar-refractivity contribution >= 4 is 10.4 Å². The average molecular weight is 248 g/mol.